The first-order valence-corrected chi connectivity index (χ1v) is 6.80. The van der Waals surface area contributed by atoms with Crippen molar-refractivity contribution < 1.29 is 9.18 Å². The summed E-state index contributed by atoms with van der Waals surface area (Å²) in [5, 5.41) is 3.04. The Labute approximate surface area is 124 Å². The SMILES string of the molecule is CNc1ccc(C(=O)N(C)Cc2ccccc2F)c(C)c1. The Kier molecular flexibility index (Phi) is 4.58. The highest BCUT2D eigenvalue weighted by atomic mass is 19.1. The van der Waals surface area contributed by atoms with E-state index >= 15 is 0 Å². The van der Waals surface area contributed by atoms with E-state index in [0.717, 1.165) is 11.3 Å². The fourth-order valence-corrected chi connectivity index (χ4v) is 2.22. The molecular formula is C17H19FN2O. The summed E-state index contributed by atoms with van der Waals surface area (Å²) in [5.41, 5.74) is 3.00. The predicted octanol–water partition coefficient (Wildman–Crippen LogP) is 3.45. The van der Waals surface area contributed by atoms with Gasteiger partial charge in [-0.3, -0.25) is 4.79 Å². The fourth-order valence-electron chi connectivity index (χ4n) is 2.22. The van der Waals surface area contributed by atoms with Gasteiger partial charge in [0.1, 0.15) is 5.82 Å². The average Bonchev–Trinajstić information content (AvgIpc) is 2.48. The van der Waals surface area contributed by atoms with E-state index in [9.17, 15) is 9.18 Å². The van der Waals surface area contributed by atoms with E-state index in [2.05, 4.69) is 5.32 Å². The van der Waals surface area contributed by atoms with E-state index in [1.54, 1.807) is 31.3 Å². The van der Waals surface area contributed by atoms with Crippen molar-refractivity contribution in [3.63, 3.8) is 0 Å². The summed E-state index contributed by atoms with van der Waals surface area (Å²) in [6.45, 7) is 2.14. The molecule has 2 rings (SSSR count). The Hall–Kier alpha value is -2.36. The highest BCUT2D eigenvalue weighted by Crippen LogP contribution is 2.17. The minimum Gasteiger partial charge on any atom is -0.388 e. The van der Waals surface area contributed by atoms with Crippen LogP contribution in [-0.2, 0) is 6.54 Å². The van der Waals surface area contributed by atoms with Crippen LogP contribution < -0.4 is 5.32 Å². The zero-order valence-electron chi connectivity index (χ0n) is 12.5. The van der Waals surface area contributed by atoms with Crippen LogP contribution in [0.1, 0.15) is 21.5 Å². The standard InChI is InChI=1S/C17H19FN2O/c1-12-10-14(19-2)8-9-15(12)17(21)20(3)11-13-6-4-5-7-16(13)18/h4-10,19H,11H2,1-3H3. The Bertz CT molecular complexity index is 655. The van der Waals surface area contributed by atoms with Gasteiger partial charge in [0.2, 0.25) is 0 Å². The molecule has 110 valence electrons. The van der Waals surface area contributed by atoms with E-state index in [4.69, 9.17) is 0 Å². The summed E-state index contributed by atoms with van der Waals surface area (Å²) in [7, 11) is 3.51. The minimum absolute atomic E-state index is 0.113. The van der Waals surface area contributed by atoms with Gasteiger partial charge < -0.3 is 10.2 Å². The number of nitrogens with one attached hydrogen (secondary N) is 1. The second-order valence-corrected chi connectivity index (χ2v) is 5.03. The van der Waals surface area contributed by atoms with Crippen molar-refractivity contribution in [2.24, 2.45) is 0 Å². The van der Waals surface area contributed by atoms with E-state index in [0.29, 0.717) is 11.1 Å². The van der Waals surface area contributed by atoms with Gasteiger partial charge in [0.05, 0.1) is 0 Å². The molecule has 0 aromatic heterocycles. The van der Waals surface area contributed by atoms with Gasteiger partial charge >= 0.3 is 0 Å². The maximum absolute atomic E-state index is 13.6. The zero-order valence-corrected chi connectivity index (χ0v) is 12.5. The van der Waals surface area contributed by atoms with Crippen LogP contribution in [0, 0.1) is 12.7 Å². The van der Waals surface area contributed by atoms with Crippen LogP contribution in [-0.4, -0.2) is 24.9 Å². The molecule has 0 unspecified atom stereocenters. The molecule has 0 fully saturated rings. The van der Waals surface area contributed by atoms with Crippen molar-refractivity contribution in [3.05, 3.63) is 65.0 Å². The number of rotatable bonds is 4. The monoisotopic (exact) mass is 286 g/mol. The molecule has 0 atom stereocenters. The van der Waals surface area contributed by atoms with Crippen LogP contribution >= 0.6 is 0 Å². The summed E-state index contributed by atoms with van der Waals surface area (Å²) in [5.74, 6) is -0.405. The number of anilines is 1. The van der Waals surface area contributed by atoms with Crippen LogP contribution in [0.3, 0.4) is 0 Å². The molecule has 0 spiro atoms. The summed E-state index contributed by atoms with van der Waals surface area (Å²) < 4.78 is 13.6. The Morgan fingerprint density at radius 3 is 2.57 bits per heavy atom. The number of hydrogen-bond donors (Lipinski definition) is 1. The van der Waals surface area contributed by atoms with Crippen molar-refractivity contribution in [2.45, 2.75) is 13.5 Å². The molecule has 2 aromatic rings. The second-order valence-electron chi connectivity index (χ2n) is 5.03. The number of amides is 1. The van der Waals surface area contributed by atoms with Gasteiger partial charge in [-0.05, 0) is 36.8 Å². The smallest absolute Gasteiger partial charge is 0.254 e. The first kappa shape index (κ1) is 15.0. The maximum atomic E-state index is 13.6. The van der Waals surface area contributed by atoms with Crippen molar-refractivity contribution in [1.29, 1.82) is 0 Å². The third-order valence-electron chi connectivity index (χ3n) is 3.46. The molecule has 0 bridgehead atoms. The Balaban J connectivity index is 2.18. The van der Waals surface area contributed by atoms with Gasteiger partial charge in [-0.15, -0.1) is 0 Å². The molecule has 1 amide bonds. The summed E-state index contributed by atoms with van der Waals surface area (Å²) in [6, 6.07) is 12.1. The van der Waals surface area contributed by atoms with Crippen LogP contribution in [0.15, 0.2) is 42.5 Å². The van der Waals surface area contributed by atoms with Gasteiger partial charge in [-0.25, -0.2) is 4.39 Å². The molecule has 0 aliphatic rings. The number of carbonyl (C=O) groups is 1. The quantitative estimate of drug-likeness (QED) is 0.933. The average molecular weight is 286 g/mol. The number of hydrogen-bond acceptors (Lipinski definition) is 2. The number of aryl methyl sites for hydroxylation is 1. The molecule has 0 heterocycles. The summed E-state index contributed by atoms with van der Waals surface area (Å²) >= 11 is 0. The zero-order chi connectivity index (χ0) is 15.4. The lowest BCUT2D eigenvalue weighted by Crippen LogP contribution is -2.27. The molecule has 0 aliphatic heterocycles. The van der Waals surface area contributed by atoms with Crippen molar-refractivity contribution in [3.8, 4) is 0 Å². The highest BCUT2D eigenvalue weighted by Gasteiger charge is 2.15. The normalized spacial score (nSPS) is 10.3. The first-order chi connectivity index (χ1) is 10.0. The lowest BCUT2D eigenvalue weighted by atomic mass is 10.1. The van der Waals surface area contributed by atoms with E-state index in [1.165, 1.54) is 11.0 Å². The minimum atomic E-state index is -0.292. The lowest BCUT2D eigenvalue weighted by molar-refractivity contribution is 0.0783. The van der Waals surface area contributed by atoms with Crippen LogP contribution in [0.25, 0.3) is 0 Å². The molecule has 1 N–H and O–H groups in total. The topological polar surface area (TPSA) is 32.3 Å². The molecular weight excluding hydrogens is 267 g/mol. The number of benzene rings is 2. The van der Waals surface area contributed by atoms with Crippen molar-refractivity contribution >= 4 is 11.6 Å². The van der Waals surface area contributed by atoms with Crippen LogP contribution in [0.2, 0.25) is 0 Å². The van der Waals surface area contributed by atoms with Crippen molar-refractivity contribution in [2.75, 3.05) is 19.4 Å². The number of nitrogens with zero attached hydrogens (tertiary/aromatic N) is 1. The van der Waals surface area contributed by atoms with E-state index < -0.39 is 0 Å². The molecule has 2 aromatic carbocycles. The first-order valence-electron chi connectivity index (χ1n) is 6.80. The largest absolute Gasteiger partial charge is 0.388 e. The second kappa shape index (κ2) is 6.39. The Morgan fingerprint density at radius 2 is 1.95 bits per heavy atom. The molecule has 4 heteroatoms. The molecule has 0 saturated carbocycles. The van der Waals surface area contributed by atoms with Crippen LogP contribution in [0.4, 0.5) is 10.1 Å². The van der Waals surface area contributed by atoms with Gasteiger partial charge in [0.25, 0.3) is 5.91 Å². The van der Waals surface area contributed by atoms with E-state index in [-0.39, 0.29) is 18.3 Å². The third-order valence-corrected chi connectivity index (χ3v) is 3.46. The molecule has 21 heavy (non-hydrogen) atoms. The summed E-state index contributed by atoms with van der Waals surface area (Å²) in [4.78, 5) is 14.0. The van der Waals surface area contributed by atoms with Gasteiger partial charge in [-0.1, -0.05) is 18.2 Å². The van der Waals surface area contributed by atoms with Gasteiger partial charge in [0, 0.05) is 37.5 Å². The molecule has 0 radical (unpaired) electrons. The van der Waals surface area contributed by atoms with Crippen molar-refractivity contribution in [1.82, 2.24) is 4.90 Å². The molecule has 0 aliphatic carbocycles. The van der Waals surface area contributed by atoms with Crippen LogP contribution in [0.5, 0.6) is 0 Å². The third kappa shape index (κ3) is 3.40. The predicted molar refractivity (Wildman–Crippen MR) is 82.9 cm³/mol. The number of halogens is 1. The lowest BCUT2D eigenvalue weighted by Gasteiger charge is -2.19. The van der Waals surface area contributed by atoms with Gasteiger partial charge in [0.15, 0.2) is 0 Å². The molecule has 0 saturated heterocycles. The maximum Gasteiger partial charge on any atom is 0.254 e. The highest BCUT2D eigenvalue weighted by molar-refractivity contribution is 5.95. The number of carbonyl (C=O) groups excluding carboxylic acids is 1. The molecule has 3 nitrogen and oxygen atoms in total. The van der Waals surface area contributed by atoms with Gasteiger partial charge in [-0.2, -0.15) is 0 Å². The summed E-state index contributed by atoms with van der Waals surface area (Å²) in [6.07, 6.45) is 0. The fraction of sp³-hybridized carbons (Fsp3) is 0.235. The van der Waals surface area contributed by atoms with E-state index in [1.807, 2.05) is 26.1 Å². The Morgan fingerprint density at radius 1 is 1.24 bits per heavy atom.